The molecule has 0 saturated heterocycles. The van der Waals surface area contributed by atoms with Gasteiger partial charge in [-0.2, -0.15) is 0 Å². The van der Waals surface area contributed by atoms with Crippen LogP contribution in [0.5, 0.6) is 0 Å². The summed E-state index contributed by atoms with van der Waals surface area (Å²) in [6, 6.07) is 1.27. The van der Waals surface area contributed by atoms with Gasteiger partial charge in [-0.05, 0) is 23.8 Å². The predicted octanol–water partition coefficient (Wildman–Crippen LogP) is 3.34. The first-order valence-corrected chi connectivity index (χ1v) is 6.45. The lowest BCUT2D eigenvalue weighted by molar-refractivity contribution is 0.242. The molecule has 0 aromatic heterocycles. The minimum absolute atomic E-state index is 0.119. The molecule has 1 atom stereocenters. The third kappa shape index (κ3) is 3.83. The average molecular weight is 335 g/mol. The normalized spacial score (nSPS) is 12.5. The van der Waals surface area contributed by atoms with Gasteiger partial charge in [0.1, 0.15) is 5.82 Å². The molecule has 2 rings (SSSR count). The summed E-state index contributed by atoms with van der Waals surface area (Å²) in [5, 5.41) is 11.8. The summed E-state index contributed by atoms with van der Waals surface area (Å²) in [4.78, 5) is 0. The molecule has 124 valence electrons. The van der Waals surface area contributed by atoms with Crippen LogP contribution in [0, 0.1) is 34.9 Å². The molecule has 0 amide bonds. The van der Waals surface area contributed by atoms with E-state index in [4.69, 9.17) is 0 Å². The maximum absolute atomic E-state index is 13.5. The zero-order chi connectivity index (χ0) is 17.1. The van der Waals surface area contributed by atoms with Gasteiger partial charge in [0.2, 0.25) is 0 Å². The highest BCUT2D eigenvalue weighted by atomic mass is 19.2. The minimum Gasteiger partial charge on any atom is -0.394 e. The summed E-state index contributed by atoms with van der Waals surface area (Å²) in [5.74, 6) is -8.18. The molecule has 1 unspecified atom stereocenters. The molecule has 23 heavy (non-hydrogen) atoms. The van der Waals surface area contributed by atoms with E-state index in [9.17, 15) is 31.4 Å². The van der Waals surface area contributed by atoms with Gasteiger partial charge in [0.15, 0.2) is 29.1 Å². The van der Waals surface area contributed by atoms with Crippen molar-refractivity contribution < 1.29 is 31.4 Å². The van der Waals surface area contributed by atoms with Gasteiger partial charge in [0.25, 0.3) is 0 Å². The second-order valence-electron chi connectivity index (χ2n) is 4.77. The van der Waals surface area contributed by atoms with E-state index in [2.05, 4.69) is 5.32 Å². The molecular weight excluding hydrogens is 324 g/mol. The molecule has 0 saturated carbocycles. The third-order valence-electron chi connectivity index (χ3n) is 3.22. The van der Waals surface area contributed by atoms with Crippen LogP contribution in [0.4, 0.5) is 26.3 Å². The summed E-state index contributed by atoms with van der Waals surface area (Å²) in [6.07, 6.45) is 0. The van der Waals surface area contributed by atoms with E-state index >= 15 is 0 Å². The van der Waals surface area contributed by atoms with Crippen LogP contribution in [0.15, 0.2) is 24.3 Å². The van der Waals surface area contributed by atoms with Crippen molar-refractivity contribution in [3.05, 3.63) is 70.3 Å². The number of nitrogens with one attached hydrogen (secondary N) is 1. The van der Waals surface area contributed by atoms with Crippen LogP contribution in [0.3, 0.4) is 0 Å². The van der Waals surface area contributed by atoms with Crippen LogP contribution in [0.2, 0.25) is 0 Å². The Labute approximate surface area is 127 Å². The molecule has 2 aromatic carbocycles. The van der Waals surface area contributed by atoms with E-state index in [0.717, 1.165) is 0 Å². The fourth-order valence-electron chi connectivity index (χ4n) is 2.00. The maximum atomic E-state index is 13.5. The van der Waals surface area contributed by atoms with Crippen LogP contribution >= 0.6 is 0 Å². The number of hydrogen-bond acceptors (Lipinski definition) is 2. The Bertz CT molecular complexity index is 698. The van der Waals surface area contributed by atoms with Crippen LogP contribution in [-0.4, -0.2) is 11.7 Å². The molecule has 0 spiro atoms. The topological polar surface area (TPSA) is 32.3 Å². The monoisotopic (exact) mass is 335 g/mol. The van der Waals surface area contributed by atoms with Crippen molar-refractivity contribution in [2.24, 2.45) is 0 Å². The Hall–Kier alpha value is -2.06. The van der Waals surface area contributed by atoms with E-state index in [1.54, 1.807) is 0 Å². The first-order chi connectivity index (χ1) is 10.8. The van der Waals surface area contributed by atoms with Gasteiger partial charge in [0.05, 0.1) is 12.6 Å². The molecule has 0 fully saturated rings. The van der Waals surface area contributed by atoms with E-state index in [0.29, 0.717) is 24.3 Å². The molecule has 0 aliphatic carbocycles. The number of benzene rings is 2. The fourth-order valence-corrected chi connectivity index (χ4v) is 2.00. The molecule has 0 aliphatic heterocycles. The van der Waals surface area contributed by atoms with Gasteiger partial charge in [-0.1, -0.05) is 0 Å². The highest BCUT2D eigenvalue weighted by Gasteiger charge is 2.18. The fraction of sp³-hybridized carbons (Fsp3) is 0.200. The van der Waals surface area contributed by atoms with Crippen molar-refractivity contribution >= 4 is 0 Å². The number of aliphatic hydroxyl groups is 1. The Morgan fingerprint density at radius 3 is 1.91 bits per heavy atom. The largest absolute Gasteiger partial charge is 0.394 e. The average Bonchev–Trinajstić information content (AvgIpc) is 2.50. The van der Waals surface area contributed by atoms with E-state index < -0.39 is 47.6 Å². The zero-order valence-electron chi connectivity index (χ0n) is 11.5. The van der Waals surface area contributed by atoms with Gasteiger partial charge in [0, 0.05) is 18.2 Å². The summed E-state index contributed by atoms with van der Waals surface area (Å²) in [6.45, 7) is -0.995. The molecule has 2 N–H and O–H groups in total. The molecule has 0 aliphatic rings. The molecular formula is C15H11F6NO. The van der Waals surface area contributed by atoms with E-state index in [1.807, 2.05) is 0 Å². The van der Waals surface area contributed by atoms with Crippen LogP contribution in [0.25, 0.3) is 0 Å². The van der Waals surface area contributed by atoms with Crippen molar-refractivity contribution in [1.29, 1.82) is 0 Å². The van der Waals surface area contributed by atoms with Crippen molar-refractivity contribution in [1.82, 2.24) is 5.32 Å². The standard InChI is InChI=1S/C15H11F6NO/c16-9-4-11(18)10(17)3-8(9)5-22-14(6-23)7-1-12(19)15(21)13(20)2-7/h1-4,14,22-23H,5-6H2. The molecule has 0 bridgehead atoms. The Kier molecular flexibility index (Phi) is 5.27. The third-order valence-corrected chi connectivity index (χ3v) is 3.22. The van der Waals surface area contributed by atoms with Gasteiger partial charge in [-0.25, -0.2) is 26.3 Å². The molecule has 2 aromatic rings. The van der Waals surface area contributed by atoms with Crippen LogP contribution in [0.1, 0.15) is 17.2 Å². The van der Waals surface area contributed by atoms with E-state index in [1.165, 1.54) is 0 Å². The number of hydrogen-bond donors (Lipinski definition) is 2. The van der Waals surface area contributed by atoms with Crippen molar-refractivity contribution in [3.63, 3.8) is 0 Å². The number of rotatable bonds is 5. The van der Waals surface area contributed by atoms with Gasteiger partial charge < -0.3 is 10.4 Å². The smallest absolute Gasteiger partial charge is 0.194 e. The summed E-state index contributed by atoms with van der Waals surface area (Å²) in [7, 11) is 0. The van der Waals surface area contributed by atoms with Crippen molar-refractivity contribution in [3.8, 4) is 0 Å². The maximum Gasteiger partial charge on any atom is 0.194 e. The first-order valence-electron chi connectivity index (χ1n) is 6.45. The summed E-state index contributed by atoms with van der Waals surface area (Å²) in [5.41, 5.74) is -0.364. The Morgan fingerprint density at radius 1 is 0.783 bits per heavy atom. The quantitative estimate of drug-likeness (QED) is 0.499. The number of aliphatic hydroxyl groups excluding tert-OH is 1. The molecule has 0 radical (unpaired) electrons. The Morgan fingerprint density at radius 2 is 1.35 bits per heavy atom. The second-order valence-corrected chi connectivity index (χ2v) is 4.77. The molecule has 8 heteroatoms. The van der Waals surface area contributed by atoms with Gasteiger partial charge in [-0.15, -0.1) is 0 Å². The van der Waals surface area contributed by atoms with Gasteiger partial charge >= 0.3 is 0 Å². The summed E-state index contributed by atoms with van der Waals surface area (Å²) < 4.78 is 78.7. The van der Waals surface area contributed by atoms with Crippen molar-refractivity contribution in [2.45, 2.75) is 12.6 Å². The minimum atomic E-state index is -1.66. The lowest BCUT2D eigenvalue weighted by Crippen LogP contribution is -2.25. The van der Waals surface area contributed by atoms with Gasteiger partial charge in [-0.3, -0.25) is 0 Å². The lowest BCUT2D eigenvalue weighted by atomic mass is 10.1. The SMILES string of the molecule is OCC(NCc1cc(F)c(F)cc1F)c1cc(F)c(F)c(F)c1. The molecule has 2 nitrogen and oxygen atoms in total. The Balaban J connectivity index is 2.19. The highest BCUT2D eigenvalue weighted by molar-refractivity contribution is 5.24. The van der Waals surface area contributed by atoms with Crippen LogP contribution < -0.4 is 5.32 Å². The summed E-state index contributed by atoms with van der Waals surface area (Å²) >= 11 is 0. The molecule has 0 heterocycles. The lowest BCUT2D eigenvalue weighted by Gasteiger charge is -2.17. The second kappa shape index (κ2) is 7.01. The van der Waals surface area contributed by atoms with Crippen LogP contribution in [-0.2, 0) is 6.54 Å². The zero-order valence-corrected chi connectivity index (χ0v) is 11.5. The highest BCUT2D eigenvalue weighted by Crippen LogP contribution is 2.20. The van der Waals surface area contributed by atoms with Crippen molar-refractivity contribution in [2.75, 3.05) is 6.61 Å². The first kappa shape index (κ1) is 17.3. The van der Waals surface area contributed by atoms with E-state index in [-0.39, 0.29) is 17.7 Å². The number of halogens is 6. The predicted molar refractivity (Wildman–Crippen MR) is 69.3 cm³/mol.